The molecular formula is C25H33NO7. The summed E-state index contributed by atoms with van der Waals surface area (Å²) in [5.41, 5.74) is 1.84. The molecule has 1 amide bonds. The predicted molar refractivity (Wildman–Crippen MR) is 123 cm³/mol. The summed E-state index contributed by atoms with van der Waals surface area (Å²) in [6, 6.07) is 13.3. The normalized spacial score (nSPS) is 24.2. The molecule has 0 saturated carbocycles. The summed E-state index contributed by atoms with van der Waals surface area (Å²) in [5.74, 6) is 0.891. The molecule has 3 N–H and O–H groups in total. The van der Waals surface area contributed by atoms with E-state index in [1.807, 2.05) is 36.4 Å². The van der Waals surface area contributed by atoms with Gasteiger partial charge in [0.2, 0.25) is 12.2 Å². The van der Waals surface area contributed by atoms with E-state index in [1.165, 1.54) is 14.0 Å². The number of hydrogen-bond donors (Lipinski definition) is 3. The van der Waals surface area contributed by atoms with Gasteiger partial charge in [-0.05, 0) is 37.5 Å². The fourth-order valence-corrected chi connectivity index (χ4v) is 4.21. The van der Waals surface area contributed by atoms with E-state index in [9.17, 15) is 15.0 Å². The molecule has 1 aliphatic heterocycles. The van der Waals surface area contributed by atoms with Crippen LogP contribution in [0.5, 0.6) is 11.5 Å². The Morgan fingerprint density at radius 1 is 1.12 bits per heavy atom. The van der Waals surface area contributed by atoms with Crippen molar-refractivity contribution in [3.8, 4) is 22.6 Å². The van der Waals surface area contributed by atoms with Gasteiger partial charge in [0.1, 0.15) is 29.8 Å². The van der Waals surface area contributed by atoms with Gasteiger partial charge < -0.3 is 34.5 Å². The van der Waals surface area contributed by atoms with E-state index in [2.05, 4.69) is 5.32 Å². The lowest BCUT2D eigenvalue weighted by atomic mass is 9.89. The summed E-state index contributed by atoms with van der Waals surface area (Å²) in [4.78, 5) is 11.3. The van der Waals surface area contributed by atoms with Crippen molar-refractivity contribution in [1.82, 2.24) is 5.32 Å². The summed E-state index contributed by atoms with van der Waals surface area (Å²) in [7, 11) is 3.03. The second-order valence-corrected chi connectivity index (χ2v) is 8.60. The van der Waals surface area contributed by atoms with E-state index in [0.29, 0.717) is 24.5 Å². The van der Waals surface area contributed by atoms with Crippen molar-refractivity contribution >= 4 is 5.91 Å². The third-order valence-electron chi connectivity index (χ3n) is 5.79. The van der Waals surface area contributed by atoms with Gasteiger partial charge in [-0.3, -0.25) is 4.79 Å². The number of carbonyl (C=O) groups excluding carboxylic acids is 1. The number of ether oxygens (including phenoxy) is 4. The van der Waals surface area contributed by atoms with Gasteiger partial charge in [-0.15, -0.1) is 0 Å². The highest BCUT2D eigenvalue weighted by atomic mass is 16.7. The Kier molecular flexibility index (Phi) is 7.97. The first-order chi connectivity index (χ1) is 15.7. The lowest BCUT2D eigenvalue weighted by Gasteiger charge is -2.46. The van der Waals surface area contributed by atoms with Crippen molar-refractivity contribution in [2.24, 2.45) is 0 Å². The topological polar surface area (TPSA) is 106 Å². The molecule has 0 radical (unpaired) electrons. The number of methoxy groups -OCH3 is 2. The maximum Gasteiger partial charge on any atom is 0.229 e. The van der Waals surface area contributed by atoms with Crippen LogP contribution in [0.1, 0.15) is 26.3 Å². The largest absolute Gasteiger partial charge is 0.496 e. The molecule has 2 aromatic rings. The Labute approximate surface area is 194 Å². The van der Waals surface area contributed by atoms with Crippen LogP contribution in [-0.2, 0) is 20.7 Å². The molecule has 1 fully saturated rings. The monoisotopic (exact) mass is 459 g/mol. The van der Waals surface area contributed by atoms with Gasteiger partial charge in [-0.25, -0.2) is 0 Å². The average molecular weight is 460 g/mol. The van der Waals surface area contributed by atoms with E-state index in [0.717, 1.165) is 16.7 Å². The zero-order valence-corrected chi connectivity index (χ0v) is 19.7. The number of carbonyl (C=O) groups is 1. The standard InChI is InChI=1S/C25H33NO7/c1-15(27)26-12-11-18-19(16-9-7-6-8-10-16)13-17(14-20(18)30-4)32-24-22(29)21(28)23(31-5)25(2,3)33-24/h6-10,13-14,21-24,28-29H,11-12H2,1-5H3,(H,26,27)/t21-,22-,23+,24?/m0/s1. The summed E-state index contributed by atoms with van der Waals surface area (Å²) in [5, 5.41) is 24.0. The molecule has 0 bridgehead atoms. The van der Waals surface area contributed by atoms with Gasteiger partial charge in [-0.2, -0.15) is 0 Å². The number of amides is 1. The first-order valence-electron chi connectivity index (χ1n) is 10.9. The highest BCUT2D eigenvalue weighted by Gasteiger charge is 2.50. The Morgan fingerprint density at radius 2 is 1.82 bits per heavy atom. The fourth-order valence-electron chi connectivity index (χ4n) is 4.21. The van der Waals surface area contributed by atoms with Crippen molar-refractivity contribution in [3.63, 3.8) is 0 Å². The highest BCUT2D eigenvalue weighted by Crippen LogP contribution is 2.38. The third-order valence-corrected chi connectivity index (χ3v) is 5.79. The number of aliphatic hydroxyl groups excluding tert-OH is 2. The van der Waals surface area contributed by atoms with Crippen LogP contribution in [0.4, 0.5) is 0 Å². The molecule has 1 aliphatic rings. The minimum atomic E-state index is -1.31. The molecule has 0 aromatic heterocycles. The van der Waals surface area contributed by atoms with Crippen LogP contribution in [0, 0.1) is 0 Å². The van der Waals surface area contributed by atoms with Gasteiger partial charge >= 0.3 is 0 Å². The zero-order valence-electron chi connectivity index (χ0n) is 19.7. The van der Waals surface area contributed by atoms with Gasteiger partial charge in [-0.1, -0.05) is 30.3 Å². The molecule has 3 rings (SSSR count). The van der Waals surface area contributed by atoms with E-state index in [4.69, 9.17) is 18.9 Å². The van der Waals surface area contributed by atoms with Crippen molar-refractivity contribution in [2.45, 2.75) is 57.4 Å². The van der Waals surface area contributed by atoms with Crippen LogP contribution in [0.25, 0.3) is 11.1 Å². The maximum absolute atomic E-state index is 11.3. The summed E-state index contributed by atoms with van der Waals surface area (Å²) in [6.45, 7) is 5.47. The molecule has 2 aromatic carbocycles. The quantitative estimate of drug-likeness (QED) is 0.556. The van der Waals surface area contributed by atoms with Crippen LogP contribution in [0.2, 0.25) is 0 Å². The number of nitrogens with one attached hydrogen (secondary N) is 1. The molecule has 8 heteroatoms. The van der Waals surface area contributed by atoms with Crippen molar-refractivity contribution < 1.29 is 34.0 Å². The van der Waals surface area contributed by atoms with E-state index < -0.39 is 30.2 Å². The number of benzene rings is 2. The molecule has 8 nitrogen and oxygen atoms in total. The van der Waals surface area contributed by atoms with Crippen molar-refractivity contribution in [1.29, 1.82) is 0 Å². The number of rotatable bonds is 8. The number of aliphatic hydroxyl groups is 2. The smallest absolute Gasteiger partial charge is 0.229 e. The SMILES string of the molecule is COc1cc(OC2OC(C)(C)[C@H](OC)[C@@H](O)[C@@H]2O)cc(-c2ccccc2)c1CCNC(C)=O. The first kappa shape index (κ1) is 25.0. The Bertz CT molecular complexity index is 947. The molecule has 1 unspecified atom stereocenters. The Morgan fingerprint density at radius 3 is 2.42 bits per heavy atom. The van der Waals surface area contributed by atoms with Crippen LogP contribution < -0.4 is 14.8 Å². The second kappa shape index (κ2) is 10.5. The number of hydrogen-bond acceptors (Lipinski definition) is 7. The molecule has 0 aliphatic carbocycles. The highest BCUT2D eigenvalue weighted by molar-refractivity contribution is 5.74. The molecule has 4 atom stereocenters. The zero-order chi connectivity index (χ0) is 24.2. The Balaban J connectivity index is 1.97. The van der Waals surface area contributed by atoms with E-state index in [1.54, 1.807) is 27.0 Å². The van der Waals surface area contributed by atoms with Gasteiger partial charge in [0.15, 0.2) is 0 Å². The average Bonchev–Trinajstić information content (AvgIpc) is 2.78. The van der Waals surface area contributed by atoms with Crippen molar-refractivity contribution in [3.05, 3.63) is 48.0 Å². The van der Waals surface area contributed by atoms with Crippen molar-refractivity contribution in [2.75, 3.05) is 20.8 Å². The van der Waals surface area contributed by atoms with E-state index in [-0.39, 0.29) is 5.91 Å². The minimum absolute atomic E-state index is 0.103. The molecule has 180 valence electrons. The summed E-state index contributed by atoms with van der Waals surface area (Å²) < 4.78 is 23.0. The minimum Gasteiger partial charge on any atom is -0.496 e. The van der Waals surface area contributed by atoms with Gasteiger partial charge in [0.05, 0.1) is 12.7 Å². The molecule has 1 saturated heterocycles. The molecule has 33 heavy (non-hydrogen) atoms. The second-order valence-electron chi connectivity index (χ2n) is 8.60. The maximum atomic E-state index is 11.3. The Hall–Kier alpha value is -2.65. The molecular weight excluding hydrogens is 426 g/mol. The molecule has 1 heterocycles. The van der Waals surface area contributed by atoms with Crippen LogP contribution in [0.15, 0.2) is 42.5 Å². The fraction of sp³-hybridized carbons (Fsp3) is 0.480. The summed E-state index contributed by atoms with van der Waals surface area (Å²) >= 11 is 0. The predicted octanol–water partition coefficient (Wildman–Crippen LogP) is 2.29. The van der Waals surface area contributed by atoms with Gasteiger partial charge in [0.25, 0.3) is 0 Å². The van der Waals surface area contributed by atoms with Crippen LogP contribution in [-0.4, -0.2) is 67.1 Å². The van der Waals surface area contributed by atoms with Crippen LogP contribution in [0.3, 0.4) is 0 Å². The van der Waals surface area contributed by atoms with Gasteiger partial charge in [0, 0.05) is 32.2 Å². The summed E-state index contributed by atoms with van der Waals surface area (Å²) in [6.07, 6.45) is -3.76. The first-order valence-corrected chi connectivity index (χ1v) is 10.9. The van der Waals surface area contributed by atoms with E-state index >= 15 is 0 Å². The molecule has 0 spiro atoms. The lowest BCUT2D eigenvalue weighted by Crippen LogP contribution is -2.63. The van der Waals surface area contributed by atoms with Crippen LogP contribution >= 0.6 is 0 Å². The lowest BCUT2D eigenvalue weighted by molar-refractivity contribution is -0.305. The third kappa shape index (κ3) is 5.65.